The van der Waals surface area contributed by atoms with E-state index in [0.717, 1.165) is 51.4 Å². The molecule has 0 fully saturated rings. The Labute approximate surface area is 425 Å². The molecule has 0 spiro atoms. The molecular weight excluding hydrogens is 896 g/mol. The van der Waals surface area contributed by atoms with Gasteiger partial charge in [0, 0.05) is 18.8 Å². The van der Waals surface area contributed by atoms with Gasteiger partial charge in [0.1, 0.15) is 12.7 Å². The molecule has 3 atom stereocenters. The van der Waals surface area contributed by atoms with Gasteiger partial charge in [-0.3, -0.25) is 14.2 Å². The number of carboxylic acids is 1. The second kappa shape index (κ2) is 59.0. The number of carboxylic acid groups (broad SMARTS) is 1. The quantitative estimate of drug-likeness (QED) is 0.0333. The van der Waals surface area contributed by atoms with Gasteiger partial charge < -0.3 is 43.5 Å². The number of hydrogen-bond acceptors (Lipinski definition) is 12. The molecular formula is C56H113O12P-2. The Balaban J connectivity index is -0.000000888. The summed E-state index contributed by atoms with van der Waals surface area (Å²) in [5.41, 5.74) is 0. The van der Waals surface area contributed by atoms with Gasteiger partial charge in [-0.2, -0.15) is 0 Å². The number of ether oxygens (including phenoxy) is 2. The average molecular weight is 1010 g/mol. The average Bonchev–Trinajstić information content (AvgIpc) is 3.31. The Morgan fingerprint density at radius 1 is 0.435 bits per heavy atom. The van der Waals surface area contributed by atoms with E-state index < -0.39 is 57.8 Å². The number of aliphatic hydroxyl groups is 2. The molecule has 0 aromatic rings. The zero-order valence-corrected chi connectivity index (χ0v) is 44.5. The number of phosphoric acid groups is 1. The predicted molar refractivity (Wildman–Crippen MR) is 283 cm³/mol. The third-order valence-corrected chi connectivity index (χ3v) is 13.2. The van der Waals surface area contributed by atoms with Crippen LogP contribution in [0.1, 0.15) is 305 Å². The Morgan fingerprint density at radius 2 is 0.710 bits per heavy atom. The molecule has 0 radical (unpaired) electrons. The Kier molecular flexibility index (Phi) is 63.3. The van der Waals surface area contributed by atoms with Crippen molar-refractivity contribution in [1.29, 1.82) is 0 Å². The maximum atomic E-state index is 12.5. The number of rotatable bonds is 52. The van der Waals surface area contributed by atoms with Crippen LogP contribution in [-0.4, -0.2) is 66.8 Å². The fourth-order valence-corrected chi connectivity index (χ4v) is 8.70. The largest absolute Gasteiger partial charge is 0.756 e. The van der Waals surface area contributed by atoms with Crippen LogP contribution in [0.2, 0.25) is 0 Å². The van der Waals surface area contributed by atoms with Gasteiger partial charge in [-0.25, -0.2) is 0 Å². The highest BCUT2D eigenvalue weighted by Crippen LogP contribution is 2.38. The molecule has 0 aromatic carbocycles. The fourth-order valence-electron chi connectivity index (χ4n) is 7.92. The first kappa shape index (κ1) is 74.0. The fraction of sp³-hybridized carbons (Fsp3) is 0.946. The molecule has 0 aliphatic rings. The van der Waals surface area contributed by atoms with Crippen LogP contribution in [0.15, 0.2) is 0 Å². The third kappa shape index (κ3) is 62.5. The van der Waals surface area contributed by atoms with E-state index in [1.165, 1.54) is 186 Å². The van der Waals surface area contributed by atoms with E-state index in [4.69, 9.17) is 19.1 Å². The van der Waals surface area contributed by atoms with Crippen LogP contribution in [0.25, 0.3) is 0 Å². The van der Waals surface area contributed by atoms with E-state index in [1.54, 1.807) is 0 Å². The van der Waals surface area contributed by atoms with Crippen molar-refractivity contribution in [3.63, 3.8) is 0 Å². The third-order valence-electron chi connectivity index (χ3n) is 12.2. The number of carbonyl (C=O) groups excluding carboxylic acids is 3. The van der Waals surface area contributed by atoms with Gasteiger partial charge in [0.15, 0.2) is 6.10 Å². The SMILES string of the molecule is C.C.CCCCCCCCCCCCCCCC(=O)OCC(COP(=O)([O-])OCC(O)CO)OC(=O)CCCCCCCCCCCCCCC.CCCCCCCCCCCCCCCC(=O)[O-]. The van der Waals surface area contributed by atoms with Gasteiger partial charge in [0.05, 0.1) is 19.8 Å². The first-order valence-corrected chi connectivity index (χ1v) is 29.4. The summed E-state index contributed by atoms with van der Waals surface area (Å²) in [6.07, 6.45) is 45.9. The van der Waals surface area contributed by atoms with E-state index in [9.17, 15) is 34.1 Å². The number of esters is 2. The van der Waals surface area contributed by atoms with E-state index in [1.807, 2.05) is 0 Å². The minimum Gasteiger partial charge on any atom is -0.756 e. The molecule has 0 aromatic heterocycles. The molecule has 69 heavy (non-hydrogen) atoms. The van der Waals surface area contributed by atoms with Crippen molar-refractivity contribution in [3.05, 3.63) is 0 Å². The van der Waals surface area contributed by atoms with Crippen LogP contribution in [0.5, 0.6) is 0 Å². The molecule has 0 bridgehead atoms. The van der Waals surface area contributed by atoms with Gasteiger partial charge in [-0.1, -0.05) is 267 Å². The molecule has 0 aliphatic heterocycles. The predicted octanol–water partition coefficient (Wildman–Crippen LogP) is 14.7. The highest BCUT2D eigenvalue weighted by molar-refractivity contribution is 7.45. The van der Waals surface area contributed by atoms with E-state index in [-0.39, 0.29) is 40.7 Å². The molecule has 3 unspecified atom stereocenters. The summed E-state index contributed by atoms with van der Waals surface area (Å²) in [5, 5.41) is 28.4. The van der Waals surface area contributed by atoms with Crippen molar-refractivity contribution in [2.45, 2.75) is 318 Å². The van der Waals surface area contributed by atoms with Crippen LogP contribution in [0.3, 0.4) is 0 Å². The van der Waals surface area contributed by atoms with Crippen molar-refractivity contribution in [3.8, 4) is 0 Å². The minimum atomic E-state index is -4.85. The summed E-state index contributed by atoms with van der Waals surface area (Å²) in [6.45, 7) is 4.46. The van der Waals surface area contributed by atoms with Gasteiger partial charge in [-0.05, 0) is 25.7 Å². The van der Waals surface area contributed by atoms with Crippen LogP contribution in [0.4, 0.5) is 0 Å². The second-order valence-electron chi connectivity index (χ2n) is 19.0. The monoisotopic (exact) mass is 1010 g/mol. The lowest BCUT2D eigenvalue weighted by Crippen LogP contribution is -2.30. The van der Waals surface area contributed by atoms with Crippen molar-refractivity contribution < 1.29 is 57.7 Å². The smallest absolute Gasteiger partial charge is 0.306 e. The Morgan fingerprint density at radius 3 is 1.01 bits per heavy atom. The Hall–Kier alpha value is -1.56. The van der Waals surface area contributed by atoms with Crippen molar-refractivity contribution in [1.82, 2.24) is 0 Å². The second-order valence-corrected chi connectivity index (χ2v) is 20.4. The first-order chi connectivity index (χ1) is 32.5. The minimum absolute atomic E-state index is 0. The van der Waals surface area contributed by atoms with Gasteiger partial charge in [0.2, 0.25) is 0 Å². The summed E-state index contributed by atoms with van der Waals surface area (Å²) in [6, 6.07) is 0. The van der Waals surface area contributed by atoms with Gasteiger partial charge >= 0.3 is 11.9 Å². The zero-order valence-electron chi connectivity index (χ0n) is 43.6. The lowest BCUT2D eigenvalue weighted by atomic mass is 10.0. The molecule has 0 rings (SSSR count). The lowest BCUT2D eigenvalue weighted by Gasteiger charge is -2.26. The number of aliphatic carboxylic acids is 1. The lowest BCUT2D eigenvalue weighted by molar-refractivity contribution is -0.305. The van der Waals surface area contributed by atoms with E-state index in [0.29, 0.717) is 12.8 Å². The maximum Gasteiger partial charge on any atom is 0.306 e. The van der Waals surface area contributed by atoms with Crippen molar-refractivity contribution in [2.24, 2.45) is 0 Å². The molecule has 12 nitrogen and oxygen atoms in total. The zero-order chi connectivity index (χ0) is 49.7. The van der Waals surface area contributed by atoms with Crippen LogP contribution >= 0.6 is 7.82 Å². The molecule has 13 heteroatoms. The molecule has 0 saturated heterocycles. The normalized spacial score (nSPS) is 12.7. The number of unbranched alkanes of at least 4 members (excludes halogenated alkanes) is 36. The summed E-state index contributed by atoms with van der Waals surface area (Å²) >= 11 is 0. The van der Waals surface area contributed by atoms with Crippen LogP contribution in [-0.2, 0) is 37.5 Å². The first-order valence-electron chi connectivity index (χ1n) is 27.9. The van der Waals surface area contributed by atoms with Gasteiger partial charge in [0.25, 0.3) is 7.82 Å². The van der Waals surface area contributed by atoms with Crippen molar-refractivity contribution >= 4 is 25.7 Å². The van der Waals surface area contributed by atoms with E-state index >= 15 is 0 Å². The van der Waals surface area contributed by atoms with Crippen molar-refractivity contribution in [2.75, 3.05) is 26.4 Å². The molecule has 416 valence electrons. The highest BCUT2D eigenvalue weighted by Gasteiger charge is 2.21. The van der Waals surface area contributed by atoms with Gasteiger partial charge in [-0.15, -0.1) is 0 Å². The highest BCUT2D eigenvalue weighted by atomic mass is 31.2. The van der Waals surface area contributed by atoms with Crippen LogP contribution < -0.4 is 10.00 Å². The summed E-state index contributed by atoms with van der Waals surface area (Å²) in [4.78, 5) is 47.2. The molecule has 0 amide bonds. The Bertz CT molecular complexity index is 1110. The number of carbonyl (C=O) groups is 3. The van der Waals surface area contributed by atoms with E-state index in [2.05, 4.69) is 25.3 Å². The molecule has 0 heterocycles. The molecule has 0 saturated carbocycles. The number of aliphatic hydroxyl groups excluding tert-OH is 2. The number of phosphoric ester groups is 1. The van der Waals surface area contributed by atoms with Crippen LogP contribution in [0, 0.1) is 0 Å². The number of hydrogen-bond donors (Lipinski definition) is 2. The molecule has 0 aliphatic carbocycles. The summed E-state index contributed by atoms with van der Waals surface area (Å²) in [5.74, 6) is -1.85. The topological polar surface area (TPSA) is 192 Å². The standard InChI is InChI=1S/C38H75O10P.C16H32O2.2CH4/c1-3-5-7-9-11-13-15-17-19-21-23-25-27-29-37(41)45-33-36(34-47-49(43,44)46-32-35(40)31-39)48-38(42)30-28-26-24-22-20-18-16-14-12-10-8-6-4-2;1-2-3-4-5-6-7-8-9-10-11-12-13-14-15-16(17)18;;/h35-36,39-40H,3-34H2,1-2H3,(H,43,44);2-15H2,1H3,(H,17,18);2*1H4/p-2. The summed E-state index contributed by atoms with van der Waals surface area (Å²) < 4.78 is 32.2. The molecule has 2 N–H and O–H groups in total. The maximum absolute atomic E-state index is 12.5. The summed E-state index contributed by atoms with van der Waals surface area (Å²) in [7, 11) is -4.85.